The highest BCUT2D eigenvalue weighted by atomic mass is 16.1. The van der Waals surface area contributed by atoms with Gasteiger partial charge in [0.25, 0.3) is 0 Å². The zero-order valence-corrected chi connectivity index (χ0v) is 6.68. The van der Waals surface area contributed by atoms with E-state index in [0.717, 1.165) is 12.8 Å². The molecule has 1 N–H and O–H groups in total. The summed E-state index contributed by atoms with van der Waals surface area (Å²) in [6.07, 6.45) is 5.99. The first-order valence-electron chi connectivity index (χ1n) is 3.68. The SMILES string of the molecule is CCCCC(=O)/C=C\NC. The Bertz CT molecular complexity index is 118. The zero-order chi connectivity index (χ0) is 7.82. The fraction of sp³-hybridized carbons (Fsp3) is 0.625. The molecule has 0 heterocycles. The van der Waals surface area contributed by atoms with E-state index in [4.69, 9.17) is 0 Å². The lowest BCUT2D eigenvalue weighted by atomic mass is 10.2. The fourth-order valence-electron chi connectivity index (χ4n) is 0.611. The highest BCUT2D eigenvalue weighted by molar-refractivity contribution is 5.89. The number of carbonyl (C=O) groups is 1. The summed E-state index contributed by atoms with van der Waals surface area (Å²) in [4.78, 5) is 10.8. The van der Waals surface area contributed by atoms with Crippen molar-refractivity contribution in [3.63, 3.8) is 0 Å². The predicted molar refractivity (Wildman–Crippen MR) is 42.7 cm³/mol. The van der Waals surface area contributed by atoms with Crippen molar-refractivity contribution >= 4 is 5.78 Å². The topological polar surface area (TPSA) is 29.1 Å². The Morgan fingerprint density at radius 3 is 2.80 bits per heavy atom. The first-order valence-corrected chi connectivity index (χ1v) is 3.68. The van der Waals surface area contributed by atoms with Gasteiger partial charge in [-0.3, -0.25) is 4.79 Å². The Morgan fingerprint density at radius 1 is 1.60 bits per heavy atom. The van der Waals surface area contributed by atoms with Crippen LogP contribution in [-0.2, 0) is 4.79 Å². The molecule has 58 valence electrons. The van der Waals surface area contributed by atoms with Gasteiger partial charge in [0, 0.05) is 13.5 Å². The van der Waals surface area contributed by atoms with Gasteiger partial charge in [-0.05, 0) is 18.7 Å². The van der Waals surface area contributed by atoms with Crippen molar-refractivity contribution in [2.75, 3.05) is 7.05 Å². The van der Waals surface area contributed by atoms with Crippen molar-refractivity contribution in [1.82, 2.24) is 5.32 Å². The molecule has 0 bridgehead atoms. The predicted octanol–water partition coefficient (Wildman–Crippen LogP) is 1.48. The second kappa shape index (κ2) is 6.33. The van der Waals surface area contributed by atoms with Crippen LogP contribution in [0.4, 0.5) is 0 Å². The second-order valence-corrected chi connectivity index (χ2v) is 2.19. The molecule has 0 aliphatic heterocycles. The van der Waals surface area contributed by atoms with Gasteiger partial charge in [-0.2, -0.15) is 0 Å². The molecule has 0 spiro atoms. The van der Waals surface area contributed by atoms with Crippen LogP contribution in [0, 0.1) is 0 Å². The molecule has 2 nitrogen and oxygen atoms in total. The van der Waals surface area contributed by atoms with E-state index in [0.29, 0.717) is 6.42 Å². The summed E-state index contributed by atoms with van der Waals surface area (Å²) in [5.41, 5.74) is 0. The molecule has 0 rings (SSSR count). The molecular formula is C8H15NO. The van der Waals surface area contributed by atoms with E-state index in [1.807, 2.05) is 0 Å². The molecule has 0 saturated carbocycles. The number of unbranched alkanes of at least 4 members (excludes halogenated alkanes) is 1. The molecule has 0 aromatic carbocycles. The van der Waals surface area contributed by atoms with Gasteiger partial charge in [-0.1, -0.05) is 13.3 Å². The van der Waals surface area contributed by atoms with E-state index in [-0.39, 0.29) is 5.78 Å². The van der Waals surface area contributed by atoms with E-state index >= 15 is 0 Å². The summed E-state index contributed by atoms with van der Waals surface area (Å²) >= 11 is 0. The summed E-state index contributed by atoms with van der Waals surface area (Å²) in [5.74, 6) is 0.205. The quantitative estimate of drug-likeness (QED) is 0.587. The molecule has 0 fully saturated rings. The van der Waals surface area contributed by atoms with Crippen molar-refractivity contribution in [3.05, 3.63) is 12.3 Å². The molecular weight excluding hydrogens is 126 g/mol. The van der Waals surface area contributed by atoms with Crippen LogP contribution in [0.15, 0.2) is 12.3 Å². The van der Waals surface area contributed by atoms with Crippen LogP contribution in [0.2, 0.25) is 0 Å². The van der Waals surface area contributed by atoms with Gasteiger partial charge in [0.2, 0.25) is 0 Å². The first-order chi connectivity index (χ1) is 4.81. The average molecular weight is 141 g/mol. The van der Waals surface area contributed by atoms with E-state index in [2.05, 4.69) is 12.2 Å². The molecule has 0 aliphatic carbocycles. The highest BCUT2D eigenvalue weighted by Gasteiger charge is 1.92. The smallest absolute Gasteiger partial charge is 0.157 e. The lowest BCUT2D eigenvalue weighted by Gasteiger charge is -1.90. The summed E-state index contributed by atoms with van der Waals surface area (Å²) in [6, 6.07) is 0. The number of hydrogen-bond donors (Lipinski definition) is 1. The van der Waals surface area contributed by atoms with Crippen LogP contribution < -0.4 is 5.32 Å². The summed E-state index contributed by atoms with van der Waals surface area (Å²) in [5, 5.41) is 2.77. The number of ketones is 1. The Morgan fingerprint density at radius 2 is 2.30 bits per heavy atom. The van der Waals surface area contributed by atoms with Crippen LogP contribution in [-0.4, -0.2) is 12.8 Å². The van der Waals surface area contributed by atoms with Crippen LogP contribution >= 0.6 is 0 Å². The molecule has 2 heteroatoms. The second-order valence-electron chi connectivity index (χ2n) is 2.19. The molecule has 0 amide bonds. The van der Waals surface area contributed by atoms with Crippen LogP contribution in [0.25, 0.3) is 0 Å². The lowest BCUT2D eigenvalue weighted by Crippen LogP contribution is -1.97. The Balaban J connectivity index is 3.34. The third kappa shape index (κ3) is 5.35. The molecule has 0 aliphatic rings. The van der Waals surface area contributed by atoms with Crippen molar-refractivity contribution in [3.8, 4) is 0 Å². The van der Waals surface area contributed by atoms with Crippen molar-refractivity contribution in [2.45, 2.75) is 26.2 Å². The third-order valence-corrected chi connectivity index (χ3v) is 1.21. The van der Waals surface area contributed by atoms with Crippen LogP contribution in [0.5, 0.6) is 0 Å². The molecule has 0 radical (unpaired) electrons. The molecule has 0 saturated heterocycles. The van der Waals surface area contributed by atoms with Gasteiger partial charge in [0.05, 0.1) is 0 Å². The summed E-state index contributed by atoms with van der Waals surface area (Å²) < 4.78 is 0. The summed E-state index contributed by atoms with van der Waals surface area (Å²) in [7, 11) is 1.78. The van der Waals surface area contributed by atoms with Crippen molar-refractivity contribution in [2.24, 2.45) is 0 Å². The van der Waals surface area contributed by atoms with Gasteiger partial charge in [-0.25, -0.2) is 0 Å². The minimum absolute atomic E-state index is 0.205. The number of hydrogen-bond acceptors (Lipinski definition) is 2. The van der Waals surface area contributed by atoms with Crippen LogP contribution in [0.1, 0.15) is 26.2 Å². The molecule has 10 heavy (non-hydrogen) atoms. The lowest BCUT2D eigenvalue weighted by molar-refractivity contribution is -0.114. The van der Waals surface area contributed by atoms with Crippen molar-refractivity contribution < 1.29 is 4.79 Å². The largest absolute Gasteiger partial charge is 0.394 e. The average Bonchev–Trinajstić information content (AvgIpc) is 1.97. The molecule has 0 aromatic rings. The first kappa shape index (κ1) is 9.21. The maximum absolute atomic E-state index is 10.8. The minimum atomic E-state index is 0.205. The standard InChI is InChI=1S/C8H15NO/c1-3-4-5-8(10)6-7-9-2/h6-7,9H,3-5H2,1-2H3/b7-6-. The Labute approximate surface area is 62.3 Å². The molecule has 0 unspecified atom stereocenters. The monoisotopic (exact) mass is 141 g/mol. The minimum Gasteiger partial charge on any atom is -0.394 e. The van der Waals surface area contributed by atoms with E-state index in [1.165, 1.54) is 0 Å². The molecule has 0 aromatic heterocycles. The van der Waals surface area contributed by atoms with E-state index < -0.39 is 0 Å². The van der Waals surface area contributed by atoms with E-state index in [9.17, 15) is 4.79 Å². The highest BCUT2D eigenvalue weighted by Crippen LogP contribution is 1.95. The van der Waals surface area contributed by atoms with E-state index in [1.54, 1.807) is 19.3 Å². The van der Waals surface area contributed by atoms with Gasteiger partial charge in [0.1, 0.15) is 0 Å². The van der Waals surface area contributed by atoms with Crippen molar-refractivity contribution in [1.29, 1.82) is 0 Å². The summed E-state index contributed by atoms with van der Waals surface area (Å²) in [6.45, 7) is 2.08. The third-order valence-electron chi connectivity index (χ3n) is 1.21. The fourth-order valence-corrected chi connectivity index (χ4v) is 0.611. The van der Waals surface area contributed by atoms with Gasteiger partial charge < -0.3 is 5.32 Å². The number of allylic oxidation sites excluding steroid dienone is 1. The maximum atomic E-state index is 10.8. The maximum Gasteiger partial charge on any atom is 0.157 e. The van der Waals surface area contributed by atoms with Gasteiger partial charge in [-0.15, -0.1) is 0 Å². The molecule has 0 atom stereocenters. The normalized spacial score (nSPS) is 10.2. The Hall–Kier alpha value is -0.790. The van der Waals surface area contributed by atoms with Gasteiger partial charge in [0.15, 0.2) is 5.78 Å². The number of carbonyl (C=O) groups excluding carboxylic acids is 1. The Kier molecular flexibility index (Phi) is 5.83. The van der Waals surface area contributed by atoms with Gasteiger partial charge >= 0.3 is 0 Å². The van der Waals surface area contributed by atoms with Crippen LogP contribution in [0.3, 0.4) is 0 Å². The number of nitrogens with one attached hydrogen (secondary N) is 1. The zero-order valence-electron chi connectivity index (χ0n) is 6.68. The number of rotatable bonds is 5.